The summed E-state index contributed by atoms with van der Waals surface area (Å²) < 4.78 is 11.2. The van der Waals surface area contributed by atoms with Crippen LogP contribution in [0.4, 0.5) is 0 Å². The summed E-state index contributed by atoms with van der Waals surface area (Å²) in [6, 6.07) is 4.19. The number of ether oxygens (including phenoxy) is 2. The molecule has 1 N–H and O–H groups in total. The molecule has 1 unspecified atom stereocenters. The average molecular weight is 286 g/mol. The average Bonchev–Trinajstić information content (AvgIpc) is 2.42. The second-order valence-corrected chi connectivity index (χ2v) is 5.07. The van der Waals surface area contributed by atoms with Gasteiger partial charge in [0.1, 0.15) is 0 Å². The third kappa shape index (κ3) is 4.92. The first-order valence-corrected chi connectivity index (χ1v) is 7.22. The molecule has 0 radical (unpaired) electrons. The molecule has 1 aromatic rings. The highest BCUT2D eigenvalue weighted by Gasteiger charge is 2.13. The van der Waals surface area contributed by atoms with Crippen molar-refractivity contribution < 1.29 is 9.47 Å². The summed E-state index contributed by atoms with van der Waals surface area (Å²) in [5.74, 6) is 1.49. The highest BCUT2D eigenvalue weighted by molar-refractivity contribution is 6.30. The van der Waals surface area contributed by atoms with Gasteiger partial charge in [0.05, 0.1) is 13.7 Å². The van der Waals surface area contributed by atoms with Gasteiger partial charge >= 0.3 is 0 Å². The zero-order valence-corrected chi connectivity index (χ0v) is 13.0. The minimum atomic E-state index is 0.462. The van der Waals surface area contributed by atoms with E-state index >= 15 is 0 Å². The normalized spacial score (nSPS) is 12.3. The molecule has 1 rings (SSSR count). The summed E-state index contributed by atoms with van der Waals surface area (Å²) in [4.78, 5) is 0. The van der Waals surface area contributed by atoms with Crippen molar-refractivity contribution in [3.05, 3.63) is 22.7 Å². The molecule has 0 amide bonds. The molecule has 0 heterocycles. The van der Waals surface area contributed by atoms with Crippen LogP contribution in [0.25, 0.3) is 0 Å². The minimum Gasteiger partial charge on any atom is -0.493 e. The first-order chi connectivity index (χ1) is 9.12. The topological polar surface area (TPSA) is 30.5 Å². The molecule has 0 aliphatic carbocycles. The Morgan fingerprint density at radius 2 is 2.05 bits per heavy atom. The van der Waals surface area contributed by atoms with Gasteiger partial charge in [0.15, 0.2) is 11.5 Å². The van der Waals surface area contributed by atoms with Gasteiger partial charge < -0.3 is 14.8 Å². The summed E-state index contributed by atoms with van der Waals surface area (Å²) in [6.07, 6.45) is 2.05. The molecule has 3 nitrogen and oxygen atoms in total. The van der Waals surface area contributed by atoms with Crippen LogP contribution < -0.4 is 14.8 Å². The van der Waals surface area contributed by atoms with Gasteiger partial charge in [-0.3, -0.25) is 0 Å². The van der Waals surface area contributed by atoms with Crippen LogP contribution in [0.1, 0.15) is 39.2 Å². The molecule has 1 atom stereocenters. The summed E-state index contributed by atoms with van der Waals surface area (Å²) >= 11 is 6.12. The van der Waals surface area contributed by atoms with Crippen molar-refractivity contribution in [2.24, 2.45) is 0 Å². The van der Waals surface area contributed by atoms with Crippen LogP contribution in [0.15, 0.2) is 12.1 Å². The van der Waals surface area contributed by atoms with Crippen LogP contribution in [-0.4, -0.2) is 19.8 Å². The second-order valence-electron chi connectivity index (χ2n) is 4.63. The van der Waals surface area contributed by atoms with Crippen LogP contribution in [0.3, 0.4) is 0 Å². The largest absolute Gasteiger partial charge is 0.493 e. The molecule has 0 fully saturated rings. The summed E-state index contributed by atoms with van der Waals surface area (Å²) in [6.45, 7) is 7.80. The standard InChI is InChI=1S/C15H24ClNO2/c1-5-7-19-15-12(10-17-11(3)6-2)8-13(16)9-14(15)18-4/h8-9,11,17H,5-7,10H2,1-4H3. The third-order valence-corrected chi connectivity index (χ3v) is 3.24. The predicted molar refractivity (Wildman–Crippen MR) is 80.4 cm³/mol. The van der Waals surface area contributed by atoms with Crippen LogP contribution in [0.2, 0.25) is 5.02 Å². The van der Waals surface area contributed by atoms with Gasteiger partial charge in [0.25, 0.3) is 0 Å². The second kappa shape index (κ2) is 8.28. The van der Waals surface area contributed by atoms with Gasteiger partial charge in [-0.1, -0.05) is 25.4 Å². The van der Waals surface area contributed by atoms with E-state index in [1.807, 2.05) is 6.07 Å². The first kappa shape index (κ1) is 16.1. The number of methoxy groups -OCH3 is 1. The van der Waals surface area contributed by atoms with E-state index in [2.05, 4.69) is 26.1 Å². The van der Waals surface area contributed by atoms with E-state index in [1.165, 1.54) is 0 Å². The molecular formula is C15H24ClNO2. The Bertz CT molecular complexity index is 396. The molecule has 0 saturated heterocycles. The monoisotopic (exact) mass is 285 g/mol. The Hall–Kier alpha value is -0.930. The Morgan fingerprint density at radius 3 is 2.63 bits per heavy atom. The maximum atomic E-state index is 6.12. The van der Waals surface area contributed by atoms with Crippen molar-refractivity contribution in [3.63, 3.8) is 0 Å². The van der Waals surface area contributed by atoms with Gasteiger partial charge in [0, 0.05) is 29.2 Å². The van der Waals surface area contributed by atoms with Gasteiger partial charge in [-0.05, 0) is 25.8 Å². The molecule has 0 saturated carbocycles. The lowest BCUT2D eigenvalue weighted by Gasteiger charge is -2.17. The van der Waals surface area contributed by atoms with Crippen molar-refractivity contribution in [1.29, 1.82) is 0 Å². The van der Waals surface area contributed by atoms with E-state index in [9.17, 15) is 0 Å². The zero-order chi connectivity index (χ0) is 14.3. The number of benzene rings is 1. The zero-order valence-electron chi connectivity index (χ0n) is 12.3. The van der Waals surface area contributed by atoms with Crippen molar-refractivity contribution in [2.45, 2.75) is 46.2 Å². The van der Waals surface area contributed by atoms with E-state index in [0.717, 1.165) is 30.7 Å². The fourth-order valence-electron chi connectivity index (χ4n) is 1.70. The number of hydrogen-bond donors (Lipinski definition) is 1. The Labute approximate surface area is 121 Å². The Morgan fingerprint density at radius 1 is 1.32 bits per heavy atom. The van der Waals surface area contributed by atoms with Crippen molar-refractivity contribution >= 4 is 11.6 Å². The molecule has 0 aromatic heterocycles. The summed E-state index contributed by atoms with van der Waals surface area (Å²) in [7, 11) is 1.64. The van der Waals surface area contributed by atoms with Crippen molar-refractivity contribution in [3.8, 4) is 11.5 Å². The first-order valence-electron chi connectivity index (χ1n) is 6.84. The van der Waals surface area contributed by atoms with Gasteiger partial charge in [-0.25, -0.2) is 0 Å². The molecule has 108 valence electrons. The molecule has 0 bridgehead atoms. The molecule has 0 spiro atoms. The SMILES string of the molecule is CCCOc1c(CNC(C)CC)cc(Cl)cc1OC. The summed E-state index contributed by atoms with van der Waals surface area (Å²) in [5, 5.41) is 4.12. The number of hydrogen-bond acceptors (Lipinski definition) is 3. The molecular weight excluding hydrogens is 262 g/mol. The molecule has 1 aromatic carbocycles. The lowest BCUT2D eigenvalue weighted by molar-refractivity contribution is 0.290. The maximum absolute atomic E-state index is 6.12. The fourth-order valence-corrected chi connectivity index (χ4v) is 1.93. The fraction of sp³-hybridized carbons (Fsp3) is 0.600. The minimum absolute atomic E-state index is 0.462. The van der Waals surface area contributed by atoms with Crippen LogP contribution >= 0.6 is 11.6 Å². The molecule has 19 heavy (non-hydrogen) atoms. The van der Waals surface area contributed by atoms with Gasteiger partial charge in [-0.2, -0.15) is 0 Å². The predicted octanol–water partition coefficient (Wildman–Crippen LogP) is 4.03. The lowest BCUT2D eigenvalue weighted by Crippen LogP contribution is -2.24. The summed E-state index contributed by atoms with van der Waals surface area (Å²) in [5.41, 5.74) is 1.04. The Balaban J connectivity index is 2.94. The number of rotatable bonds is 8. The van der Waals surface area contributed by atoms with E-state index in [0.29, 0.717) is 23.4 Å². The highest BCUT2D eigenvalue weighted by Crippen LogP contribution is 2.34. The quantitative estimate of drug-likeness (QED) is 0.782. The smallest absolute Gasteiger partial charge is 0.165 e. The highest BCUT2D eigenvalue weighted by atomic mass is 35.5. The molecule has 0 aliphatic heterocycles. The van der Waals surface area contributed by atoms with Crippen LogP contribution in [-0.2, 0) is 6.54 Å². The van der Waals surface area contributed by atoms with Crippen LogP contribution in [0, 0.1) is 0 Å². The van der Waals surface area contributed by atoms with Gasteiger partial charge in [0.2, 0.25) is 0 Å². The Kier molecular flexibility index (Phi) is 7.03. The lowest BCUT2D eigenvalue weighted by atomic mass is 10.1. The third-order valence-electron chi connectivity index (χ3n) is 3.02. The van der Waals surface area contributed by atoms with E-state index in [4.69, 9.17) is 21.1 Å². The molecule has 4 heteroatoms. The van der Waals surface area contributed by atoms with Crippen molar-refractivity contribution in [2.75, 3.05) is 13.7 Å². The number of halogens is 1. The van der Waals surface area contributed by atoms with Crippen molar-refractivity contribution in [1.82, 2.24) is 5.32 Å². The van der Waals surface area contributed by atoms with Crippen LogP contribution in [0.5, 0.6) is 11.5 Å². The van der Waals surface area contributed by atoms with E-state index in [-0.39, 0.29) is 0 Å². The molecule has 0 aliphatic rings. The maximum Gasteiger partial charge on any atom is 0.165 e. The number of nitrogens with one attached hydrogen (secondary N) is 1. The van der Waals surface area contributed by atoms with Gasteiger partial charge in [-0.15, -0.1) is 0 Å². The van der Waals surface area contributed by atoms with E-state index in [1.54, 1.807) is 13.2 Å². The van der Waals surface area contributed by atoms with E-state index < -0.39 is 0 Å².